The molecule has 0 saturated heterocycles. The molecule has 2 fully saturated rings. The van der Waals surface area contributed by atoms with Crippen LogP contribution in [0, 0.1) is 24.7 Å². The van der Waals surface area contributed by atoms with Crippen molar-refractivity contribution in [1.82, 2.24) is 30.4 Å². The van der Waals surface area contributed by atoms with E-state index >= 15 is 0 Å². The van der Waals surface area contributed by atoms with Crippen LogP contribution in [0.5, 0.6) is 0 Å². The number of aromatic nitrogens is 4. The standard InChI is InChI=1S/C27H31F5N6O3/c1-14(27(30,31)32)9-22(39)35-23(16-3-4-16)18-10-21-34-20(12-38(21)33-11-18)24(17-5-7-26(28,29)8-6-17)36-25(40)19-13-41-37-15(19)2/h10-14,16-17,23-24H,3-9H2,1-2H3,(H,35,39)(H,36,40)/t14?,23-,24+/m1/s1. The monoisotopic (exact) mass is 582 g/mol. The highest BCUT2D eigenvalue weighted by molar-refractivity contribution is 5.95. The first kappa shape index (κ1) is 28.9. The van der Waals surface area contributed by atoms with Gasteiger partial charge in [-0.25, -0.2) is 18.3 Å². The van der Waals surface area contributed by atoms with Crippen LogP contribution < -0.4 is 10.6 Å². The van der Waals surface area contributed by atoms with E-state index in [0.717, 1.165) is 19.8 Å². The molecule has 3 aromatic rings. The maximum atomic E-state index is 13.9. The van der Waals surface area contributed by atoms with Gasteiger partial charge in [-0.05, 0) is 56.1 Å². The molecule has 41 heavy (non-hydrogen) atoms. The summed E-state index contributed by atoms with van der Waals surface area (Å²) in [5.41, 5.74) is 2.03. The van der Waals surface area contributed by atoms with Crippen molar-refractivity contribution in [2.75, 3.05) is 0 Å². The third kappa shape index (κ3) is 6.67. The van der Waals surface area contributed by atoms with Gasteiger partial charge in [0.1, 0.15) is 11.8 Å². The fourth-order valence-corrected chi connectivity index (χ4v) is 5.32. The van der Waals surface area contributed by atoms with E-state index in [2.05, 4.69) is 25.9 Å². The van der Waals surface area contributed by atoms with Crippen LogP contribution in [0.15, 0.2) is 29.2 Å². The number of imidazole rings is 1. The number of nitrogens with zero attached hydrogens (tertiary/aromatic N) is 4. The summed E-state index contributed by atoms with van der Waals surface area (Å²) < 4.78 is 73.1. The fraction of sp³-hybridized carbons (Fsp3) is 0.593. The molecule has 2 aliphatic rings. The van der Waals surface area contributed by atoms with Gasteiger partial charge in [0.25, 0.3) is 5.91 Å². The van der Waals surface area contributed by atoms with Gasteiger partial charge in [0, 0.05) is 19.3 Å². The zero-order valence-corrected chi connectivity index (χ0v) is 22.5. The molecule has 0 aliphatic heterocycles. The zero-order valence-electron chi connectivity index (χ0n) is 22.5. The summed E-state index contributed by atoms with van der Waals surface area (Å²) in [7, 11) is 0. The molecule has 2 aliphatic carbocycles. The van der Waals surface area contributed by atoms with Gasteiger partial charge in [0.15, 0.2) is 5.65 Å². The molecule has 0 bridgehead atoms. The van der Waals surface area contributed by atoms with Crippen LogP contribution in [-0.4, -0.2) is 43.7 Å². The average molecular weight is 583 g/mol. The Morgan fingerprint density at radius 2 is 1.80 bits per heavy atom. The highest BCUT2D eigenvalue weighted by atomic mass is 19.4. The van der Waals surface area contributed by atoms with E-state index in [-0.39, 0.29) is 43.1 Å². The highest BCUT2D eigenvalue weighted by Crippen LogP contribution is 2.43. The largest absolute Gasteiger partial charge is 0.392 e. The Labute approximate surface area is 232 Å². The number of aryl methyl sites for hydroxylation is 1. The molecule has 2 N–H and O–H groups in total. The summed E-state index contributed by atoms with van der Waals surface area (Å²) in [4.78, 5) is 30.2. The molecule has 5 rings (SSSR count). The maximum Gasteiger partial charge on any atom is 0.392 e. The molecule has 2 amide bonds. The molecule has 3 heterocycles. The normalized spacial score (nSPS) is 20.0. The number of rotatable bonds is 9. The van der Waals surface area contributed by atoms with Crippen molar-refractivity contribution in [3.63, 3.8) is 0 Å². The summed E-state index contributed by atoms with van der Waals surface area (Å²) in [5, 5.41) is 13.8. The van der Waals surface area contributed by atoms with Crippen LogP contribution in [0.1, 0.15) is 91.3 Å². The number of carbonyl (C=O) groups is 2. The lowest BCUT2D eigenvalue weighted by atomic mass is 9.81. The van der Waals surface area contributed by atoms with Gasteiger partial charge in [0.2, 0.25) is 11.8 Å². The molecule has 0 radical (unpaired) electrons. The molecule has 2 saturated carbocycles. The van der Waals surface area contributed by atoms with Gasteiger partial charge < -0.3 is 15.2 Å². The first-order chi connectivity index (χ1) is 19.3. The zero-order chi connectivity index (χ0) is 29.5. The lowest BCUT2D eigenvalue weighted by molar-refractivity contribution is -0.174. The summed E-state index contributed by atoms with van der Waals surface area (Å²) in [6.45, 7) is 2.59. The highest BCUT2D eigenvalue weighted by Gasteiger charge is 2.41. The predicted octanol–water partition coefficient (Wildman–Crippen LogP) is 5.48. The molecule has 222 valence electrons. The van der Waals surface area contributed by atoms with E-state index in [9.17, 15) is 31.5 Å². The summed E-state index contributed by atoms with van der Waals surface area (Å²) in [6, 6.07) is 0.486. The smallest absolute Gasteiger partial charge is 0.364 e. The number of carbonyl (C=O) groups excluding carboxylic acids is 2. The first-order valence-electron chi connectivity index (χ1n) is 13.6. The maximum absolute atomic E-state index is 13.9. The van der Waals surface area contributed by atoms with Crippen LogP contribution in [0.2, 0.25) is 0 Å². The Bertz CT molecular complexity index is 1410. The summed E-state index contributed by atoms with van der Waals surface area (Å²) in [6.07, 6.45) is 0.603. The van der Waals surface area contributed by atoms with E-state index < -0.39 is 48.3 Å². The van der Waals surface area contributed by atoms with Gasteiger partial charge in [-0.2, -0.15) is 18.3 Å². The Morgan fingerprint density at radius 3 is 2.41 bits per heavy atom. The summed E-state index contributed by atoms with van der Waals surface area (Å²) in [5.74, 6) is -5.94. The van der Waals surface area contributed by atoms with Crippen molar-refractivity contribution < 1.29 is 36.1 Å². The van der Waals surface area contributed by atoms with Crippen LogP contribution in [0.3, 0.4) is 0 Å². The van der Waals surface area contributed by atoms with Gasteiger partial charge in [-0.1, -0.05) is 12.1 Å². The van der Waals surface area contributed by atoms with E-state index in [0.29, 0.717) is 22.6 Å². The number of amides is 2. The van der Waals surface area contributed by atoms with Crippen molar-refractivity contribution in [2.24, 2.45) is 17.8 Å². The van der Waals surface area contributed by atoms with E-state index in [1.807, 2.05) is 0 Å². The minimum atomic E-state index is -4.47. The molecule has 0 aromatic carbocycles. The number of fused-ring (bicyclic) bond motifs is 1. The van der Waals surface area contributed by atoms with Crippen LogP contribution in [0.25, 0.3) is 5.65 Å². The quantitative estimate of drug-likeness (QED) is 0.323. The third-order valence-corrected chi connectivity index (χ3v) is 8.01. The van der Waals surface area contributed by atoms with E-state index in [4.69, 9.17) is 4.52 Å². The molecular weight excluding hydrogens is 551 g/mol. The number of nitrogens with one attached hydrogen (secondary N) is 2. The van der Waals surface area contributed by atoms with Gasteiger partial charge in [-0.3, -0.25) is 9.59 Å². The van der Waals surface area contributed by atoms with Gasteiger partial charge >= 0.3 is 6.18 Å². The number of hydrogen-bond acceptors (Lipinski definition) is 6. The Hall–Kier alpha value is -3.58. The lowest BCUT2D eigenvalue weighted by Gasteiger charge is -2.33. The molecule has 14 heteroatoms. The number of alkyl halides is 5. The van der Waals surface area contributed by atoms with Crippen LogP contribution in [-0.2, 0) is 4.79 Å². The molecule has 3 atom stereocenters. The third-order valence-electron chi connectivity index (χ3n) is 8.01. The SMILES string of the molecule is Cc1nocc1C(=O)N[C@H](c1cn2ncc([C@H](NC(=O)CC(C)C(F)(F)F)C3CC3)cc2n1)C1CCC(F)(F)CC1. The Balaban J connectivity index is 1.39. The average Bonchev–Trinajstić information content (AvgIpc) is 3.50. The fourth-order valence-electron chi connectivity index (χ4n) is 5.32. The van der Waals surface area contributed by atoms with Crippen molar-refractivity contribution in [2.45, 2.75) is 83.0 Å². The summed E-state index contributed by atoms with van der Waals surface area (Å²) >= 11 is 0. The topological polar surface area (TPSA) is 114 Å². The minimum Gasteiger partial charge on any atom is -0.364 e. The minimum absolute atomic E-state index is 0.0709. The second-order valence-electron chi connectivity index (χ2n) is 11.2. The van der Waals surface area contributed by atoms with Gasteiger partial charge in [-0.15, -0.1) is 0 Å². The predicted molar refractivity (Wildman–Crippen MR) is 135 cm³/mol. The van der Waals surface area contributed by atoms with Crippen molar-refractivity contribution >= 4 is 17.5 Å². The second-order valence-corrected chi connectivity index (χ2v) is 11.2. The van der Waals surface area contributed by atoms with Crippen LogP contribution >= 0.6 is 0 Å². The van der Waals surface area contributed by atoms with E-state index in [1.54, 1.807) is 19.2 Å². The molecular formula is C27H31F5N6O3. The van der Waals surface area contributed by atoms with Crippen LogP contribution in [0.4, 0.5) is 22.0 Å². The number of halogens is 5. The molecule has 9 nitrogen and oxygen atoms in total. The molecule has 3 aromatic heterocycles. The Kier molecular flexibility index (Phi) is 7.77. The van der Waals surface area contributed by atoms with Crippen molar-refractivity contribution in [3.8, 4) is 0 Å². The molecule has 0 spiro atoms. The van der Waals surface area contributed by atoms with Crippen molar-refractivity contribution in [1.29, 1.82) is 0 Å². The number of hydrogen-bond donors (Lipinski definition) is 2. The Morgan fingerprint density at radius 1 is 1.12 bits per heavy atom. The van der Waals surface area contributed by atoms with E-state index in [1.165, 1.54) is 17.0 Å². The van der Waals surface area contributed by atoms with Crippen molar-refractivity contribution in [3.05, 3.63) is 47.2 Å². The first-order valence-corrected chi connectivity index (χ1v) is 13.6. The van der Waals surface area contributed by atoms with Gasteiger partial charge in [0.05, 0.1) is 41.8 Å². The lowest BCUT2D eigenvalue weighted by Crippen LogP contribution is -2.37. The molecule has 1 unspecified atom stereocenters. The second kappa shape index (κ2) is 11.0.